The zero-order valence-corrected chi connectivity index (χ0v) is 16.2. The van der Waals surface area contributed by atoms with Crippen LogP contribution in [0.1, 0.15) is 23.0 Å². The highest BCUT2D eigenvalue weighted by Gasteiger charge is 2.35. The van der Waals surface area contributed by atoms with Gasteiger partial charge in [0.2, 0.25) is 0 Å². The molecule has 0 saturated carbocycles. The van der Waals surface area contributed by atoms with Crippen molar-refractivity contribution in [1.29, 1.82) is 0 Å². The molecule has 6 nitrogen and oxygen atoms in total. The molecular weight excluding hydrogens is 414 g/mol. The standard InChI is InChI=1S/C18H17F4N3O3S/c1-9(2)13-8-28-16-14(29(27)24-13)7-25(3)15(16)17(26)23-10-4-5-12(19)11(6-10)18(20,21)22/h4-7,13,24H,1,8H2,2-3H3,(H,23,26). The average Bonchev–Trinajstić information content (AvgIpc) is 2.86. The summed E-state index contributed by atoms with van der Waals surface area (Å²) in [6.45, 7) is 5.58. The largest absolute Gasteiger partial charge is 0.488 e. The number of hydrogen-bond donors (Lipinski definition) is 2. The zero-order valence-electron chi connectivity index (χ0n) is 15.4. The number of carbonyl (C=O) groups is 1. The van der Waals surface area contributed by atoms with E-state index in [1.165, 1.54) is 17.8 Å². The molecule has 11 heteroatoms. The van der Waals surface area contributed by atoms with Crippen LogP contribution in [0.4, 0.5) is 23.2 Å². The van der Waals surface area contributed by atoms with E-state index in [2.05, 4.69) is 16.6 Å². The quantitative estimate of drug-likeness (QED) is 0.578. The third-order valence-corrected chi connectivity index (χ3v) is 5.47. The number of aryl methyl sites for hydroxylation is 1. The summed E-state index contributed by atoms with van der Waals surface area (Å²) in [6.07, 6.45) is -3.48. The van der Waals surface area contributed by atoms with Crippen LogP contribution in [0.5, 0.6) is 5.75 Å². The lowest BCUT2D eigenvalue weighted by Crippen LogP contribution is -2.34. The Morgan fingerprint density at radius 3 is 2.72 bits per heavy atom. The number of anilines is 1. The van der Waals surface area contributed by atoms with Gasteiger partial charge in [-0.15, -0.1) is 0 Å². The van der Waals surface area contributed by atoms with Gasteiger partial charge in [-0.25, -0.2) is 13.3 Å². The summed E-state index contributed by atoms with van der Waals surface area (Å²) < 4.78 is 74.5. The van der Waals surface area contributed by atoms with Crippen LogP contribution in [-0.2, 0) is 24.2 Å². The molecule has 2 unspecified atom stereocenters. The minimum atomic E-state index is -4.91. The predicted molar refractivity (Wildman–Crippen MR) is 98.4 cm³/mol. The number of halogens is 4. The normalized spacial score (nSPS) is 19.1. The van der Waals surface area contributed by atoms with E-state index < -0.39 is 40.5 Å². The maximum absolute atomic E-state index is 13.5. The first-order valence-corrected chi connectivity index (χ1v) is 9.47. The second kappa shape index (κ2) is 7.64. The van der Waals surface area contributed by atoms with E-state index in [0.29, 0.717) is 17.7 Å². The molecule has 0 radical (unpaired) electrons. The van der Waals surface area contributed by atoms with Gasteiger partial charge in [-0.2, -0.15) is 13.2 Å². The highest BCUT2D eigenvalue weighted by Crippen LogP contribution is 2.34. The third-order valence-electron chi connectivity index (χ3n) is 4.29. The van der Waals surface area contributed by atoms with Crippen LogP contribution in [0.2, 0.25) is 0 Å². The molecule has 1 aliphatic heterocycles. The maximum Gasteiger partial charge on any atom is 0.419 e. The molecule has 1 aliphatic rings. The van der Waals surface area contributed by atoms with Gasteiger partial charge < -0.3 is 14.6 Å². The molecule has 2 heterocycles. The molecule has 2 atom stereocenters. The van der Waals surface area contributed by atoms with Gasteiger partial charge in [-0.05, 0) is 25.1 Å². The smallest absolute Gasteiger partial charge is 0.419 e. The number of nitrogens with one attached hydrogen (secondary N) is 2. The zero-order chi connectivity index (χ0) is 21.5. The average molecular weight is 431 g/mol. The molecule has 3 rings (SSSR count). The molecule has 0 bridgehead atoms. The number of ether oxygens (including phenoxy) is 1. The van der Waals surface area contributed by atoms with Gasteiger partial charge in [0.25, 0.3) is 5.91 Å². The molecule has 0 spiro atoms. The number of hydrogen-bond acceptors (Lipinski definition) is 3. The Morgan fingerprint density at radius 1 is 1.41 bits per heavy atom. The maximum atomic E-state index is 13.5. The highest BCUT2D eigenvalue weighted by molar-refractivity contribution is 7.83. The van der Waals surface area contributed by atoms with E-state index in [1.54, 1.807) is 6.92 Å². The van der Waals surface area contributed by atoms with Crippen molar-refractivity contribution in [2.75, 3.05) is 11.9 Å². The van der Waals surface area contributed by atoms with E-state index in [9.17, 15) is 26.6 Å². The second-order valence-electron chi connectivity index (χ2n) is 6.53. The lowest BCUT2D eigenvalue weighted by molar-refractivity contribution is -0.139. The molecule has 2 N–H and O–H groups in total. The molecule has 156 valence electrons. The number of benzene rings is 1. The first-order chi connectivity index (χ1) is 13.5. The highest BCUT2D eigenvalue weighted by atomic mass is 32.2. The SMILES string of the molecule is C=C(C)C1COc2c(cn(C)c2C(=O)Nc2ccc(F)c(C(F)(F)F)c2)S(=O)N1. The van der Waals surface area contributed by atoms with Crippen molar-refractivity contribution >= 4 is 22.6 Å². The number of rotatable bonds is 3. The third kappa shape index (κ3) is 4.20. The van der Waals surface area contributed by atoms with Gasteiger partial charge in [-0.1, -0.05) is 12.2 Å². The van der Waals surface area contributed by atoms with Crippen molar-refractivity contribution < 1.29 is 31.3 Å². The Hall–Kier alpha value is -2.66. The van der Waals surface area contributed by atoms with Crippen molar-refractivity contribution in [3.8, 4) is 5.75 Å². The van der Waals surface area contributed by atoms with Gasteiger partial charge in [0, 0.05) is 18.9 Å². The van der Waals surface area contributed by atoms with E-state index in [4.69, 9.17) is 4.74 Å². The Bertz CT molecular complexity index is 1020. The van der Waals surface area contributed by atoms with Crippen LogP contribution >= 0.6 is 0 Å². The molecule has 0 saturated heterocycles. The molecule has 0 aliphatic carbocycles. The lowest BCUT2D eigenvalue weighted by Gasteiger charge is -2.15. The van der Waals surface area contributed by atoms with Gasteiger partial charge in [0.1, 0.15) is 28.3 Å². The fraction of sp³-hybridized carbons (Fsp3) is 0.278. The Kier molecular flexibility index (Phi) is 5.54. The van der Waals surface area contributed by atoms with E-state index in [0.717, 1.165) is 6.07 Å². The first kappa shape index (κ1) is 21.1. The fourth-order valence-corrected chi connectivity index (χ4v) is 3.99. The van der Waals surface area contributed by atoms with Gasteiger partial charge in [0.15, 0.2) is 11.4 Å². The summed E-state index contributed by atoms with van der Waals surface area (Å²) in [5, 5.41) is 2.30. The van der Waals surface area contributed by atoms with Crippen LogP contribution in [-0.4, -0.2) is 27.3 Å². The summed E-state index contributed by atoms with van der Waals surface area (Å²) in [5.74, 6) is -2.18. The number of carbonyl (C=O) groups excluding carboxylic acids is 1. The predicted octanol–water partition coefficient (Wildman–Crippen LogP) is 3.38. The number of aromatic nitrogens is 1. The van der Waals surface area contributed by atoms with Crippen LogP contribution in [0.3, 0.4) is 0 Å². The van der Waals surface area contributed by atoms with Crippen molar-refractivity contribution in [3.63, 3.8) is 0 Å². The minimum Gasteiger partial charge on any atom is -0.488 e. The molecule has 1 aromatic carbocycles. The monoisotopic (exact) mass is 431 g/mol. The molecular formula is C18H17F4N3O3S. The summed E-state index contributed by atoms with van der Waals surface area (Å²) >= 11 is 0. The molecule has 2 aromatic rings. The van der Waals surface area contributed by atoms with Crippen LogP contribution in [0.25, 0.3) is 0 Å². The Balaban J connectivity index is 1.93. The Labute approximate surface area is 166 Å². The summed E-state index contributed by atoms with van der Waals surface area (Å²) in [4.78, 5) is 12.9. The topological polar surface area (TPSA) is 72.4 Å². The van der Waals surface area contributed by atoms with E-state index in [-0.39, 0.29) is 28.6 Å². The van der Waals surface area contributed by atoms with Crippen molar-refractivity contribution in [2.45, 2.75) is 24.0 Å². The minimum absolute atomic E-state index is 0.0320. The lowest BCUT2D eigenvalue weighted by atomic mass is 10.1. The molecule has 29 heavy (non-hydrogen) atoms. The number of fused-ring (bicyclic) bond motifs is 1. The summed E-state index contributed by atoms with van der Waals surface area (Å²) in [6, 6.07) is 1.74. The summed E-state index contributed by atoms with van der Waals surface area (Å²) in [7, 11) is -0.183. The molecule has 1 amide bonds. The van der Waals surface area contributed by atoms with Crippen LogP contribution < -0.4 is 14.8 Å². The fourth-order valence-electron chi connectivity index (χ4n) is 2.76. The van der Waals surface area contributed by atoms with Crippen molar-refractivity contribution in [1.82, 2.24) is 9.29 Å². The number of alkyl halides is 3. The second-order valence-corrected chi connectivity index (χ2v) is 7.74. The van der Waals surface area contributed by atoms with Crippen molar-refractivity contribution in [2.24, 2.45) is 7.05 Å². The van der Waals surface area contributed by atoms with Gasteiger partial charge in [0.05, 0.1) is 11.6 Å². The van der Waals surface area contributed by atoms with Crippen LogP contribution in [0, 0.1) is 5.82 Å². The molecule has 1 aromatic heterocycles. The van der Waals surface area contributed by atoms with Gasteiger partial charge in [-0.3, -0.25) is 4.79 Å². The number of nitrogens with zero attached hydrogens (tertiary/aromatic N) is 1. The van der Waals surface area contributed by atoms with Crippen molar-refractivity contribution in [3.05, 3.63) is 53.6 Å². The van der Waals surface area contributed by atoms with E-state index in [1.807, 2.05) is 0 Å². The Morgan fingerprint density at radius 2 is 2.10 bits per heavy atom. The van der Waals surface area contributed by atoms with E-state index >= 15 is 0 Å². The summed E-state index contributed by atoms with van der Waals surface area (Å²) in [5.41, 5.74) is -1.08. The van der Waals surface area contributed by atoms with Gasteiger partial charge >= 0.3 is 6.18 Å². The van der Waals surface area contributed by atoms with Crippen LogP contribution in [0.15, 0.2) is 41.4 Å². The number of amides is 1. The molecule has 0 fully saturated rings. The first-order valence-electron chi connectivity index (χ1n) is 8.32.